The van der Waals surface area contributed by atoms with Crippen molar-refractivity contribution >= 4 is 22.5 Å². The second-order valence-corrected chi connectivity index (χ2v) is 7.89. The summed E-state index contributed by atoms with van der Waals surface area (Å²) in [6, 6.07) is 18.9. The highest BCUT2D eigenvalue weighted by Crippen LogP contribution is 2.34. The van der Waals surface area contributed by atoms with E-state index >= 15 is 0 Å². The van der Waals surface area contributed by atoms with Crippen LogP contribution in [0.2, 0.25) is 5.02 Å². The van der Waals surface area contributed by atoms with E-state index in [0.29, 0.717) is 33.0 Å². The zero-order chi connectivity index (χ0) is 21.4. The molecule has 1 atom stereocenters. The molecule has 0 amide bonds. The molecule has 0 fully saturated rings. The van der Waals surface area contributed by atoms with E-state index in [4.69, 9.17) is 16.6 Å². The molecule has 0 radical (unpaired) electrons. The molecule has 0 spiro atoms. The maximum absolute atomic E-state index is 13.5. The van der Waals surface area contributed by atoms with E-state index in [2.05, 4.69) is 0 Å². The van der Waals surface area contributed by atoms with Crippen molar-refractivity contribution in [1.29, 1.82) is 0 Å². The Hall–Kier alpha value is -3.15. The molecule has 1 unspecified atom stereocenters. The van der Waals surface area contributed by atoms with Gasteiger partial charge in [0.1, 0.15) is 17.7 Å². The maximum Gasteiger partial charge on any atom is 0.265 e. The number of fused-ring (bicyclic) bond motifs is 1. The van der Waals surface area contributed by atoms with Crippen LogP contribution in [0.3, 0.4) is 0 Å². The van der Waals surface area contributed by atoms with E-state index < -0.39 is 6.10 Å². The summed E-state index contributed by atoms with van der Waals surface area (Å²) in [5.41, 5.74) is 1.51. The normalized spacial score (nSPS) is 12.4. The minimum Gasteiger partial charge on any atom is -0.507 e. The zero-order valence-electron chi connectivity index (χ0n) is 16.6. The Labute approximate surface area is 178 Å². The molecule has 1 heterocycles. The van der Waals surface area contributed by atoms with Crippen LogP contribution in [0, 0.1) is 0 Å². The van der Waals surface area contributed by atoms with Gasteiger partial charge in [-0.15, -0.1) is 0 Å². The molecule has 0 aliphatic rings. The minimum absolute atomic E-state index is 0.0816. The van der Waals surface area contributed by atoms with Gasteiger partial charge in [0.15, 0.2) is 0 Å². The topological polar surface area (TPSA) is 75.4 Å². The first-order chi connectivity index (χ1) is 14.4. The fraction of sp³-hybridized carbons (Fsp3) is 0.167. The van der Waals surface area contributed by atoms with Gasteiger partial charge in [-0.3, -0.25) is 9.36 Å². The van der Waals surface area contributed by atoms with Gasteiger partial charge in [0.2, 0.25) is 0 Å². The molecule has 30 heavy (non-hydrogen) atoms. The number of benzene rings is 3. The molecule has 0 bridgehead atoms. The smallest absolute Gasteiger partial charge is 0.265 e. The number of aliphatic hydroxyl groups excluding tert-OH is 1. The first kappa shape index (κ1) is 20.1. The van der Waals surface area contributed by atoms with Gasteiger partial charge in [-0.05, 0) is 42.0 Å². The molecule has 4 rings (SSSR count). The van der Waals surface area contributed by atoms with Gasteiger partial charge >= 0.3 is 0 Å². The lowest BCUT2D eigenvalue weighted by Gasteiger charge is -2.20. The van der Waals surface area contributed by atoms with Crippen LogP contribution in [0.4, 0.5) is 0 Å². The highest BCUT2D eigenvalue weighted by molar-refractivity contribution is 6.30. The molecule has 0 aliphatic heterocycles. The van der Waals surface area contributed by atoms with Crippen LogP contribution >= 0.6 is 11.6 Å². The number of rotatable bonds is 4. The first-order valence-electron chi connectivity index (χ1n) is 9.66. The highest BCUT2D eigenvalue weighted by atomic mass is 35.5. The summed E-state index contributed by atoms with van der Waals surface area (Å²) >= 11 is 6.01. The van der Waals surface area contributed by atoms with Crippen LogP contribution in [0.15, 0.2) is 71.5 Å². The average Bonchev–Trinajstić information content (AvgIpc) is 2.74. The largest absolute Gasteiger partial charge is 0.507 e. The number of nitrogens with zero attached hydrogens (tertiary/aromatic N) is 2. The van der Waals surface area contributed by atoms with Gasteiger partial charge < -0.3 is 10.2 Å². The quantitative estimate of drug-likeness (QED) is 0.489. The van der Waals surface area contributed by atoms with Crippen molar-refractivity contribution in [2.24, 2.45) is 0 Å². The van der Waals surface area contributed by atoms with E-state index in [-0.39, 0.29) is 22.8 Å². The van der Waals surface area contributed by atoms with Gasteiger partial charge in [-0.25, -0.2) is 4.98 Å². The van der Waals surface area contributed by atoms with Crippen LogP contribution in [-0.2, 0) is 0 Å². The number of aromatic nitrogens is 2. The van der Waals surface area contributed by atoms with E-state index in [9.17, 15) is 15.0 Å². The Balaban J connectivity index is 2.04. The molecule has 2 N–H and O–H groups in total. The van der Waals surface area contributed by atoms with E-state index in [0.717, 1.165) is 0 Å². The Bertz CT molecular complexity index is 1270. The lowest BCUT2D eigenvalue weighted by Crippen LogP contribution is -2.25. The molecular weight excluding hydrogens is 400 g/mol. The van der Waals surface area contributed by atoms with E-state index in [1.165, 1.54) is 12.1 Å². The van der Waals surface area contributed by atoms with Crippen molar-refractivity contribution in [2.75, 3.05) is 0 Å². The molecule has 4 aromatic rings. The summed E-state index contributed by atoms with van der Waals surface area (Å²) in [5.74, 6) is 0.341. The van der Waals surface area contributed by atoms with Crippen molar-refractivity contribution in [2.45, 2.75) is 25.9 Å². The second kappa shape index (κ2) is 7.94. The lowest BCUT2D eigenvalue weighted by molar-refractivity contribution is 0.217. The molecule has 5 nitrogen and oxygen atoms in total. The first-order valence-corrected chi connectivity index (χ1v) is 10.0. The molecule has 6 heteroatoms. The van der Waals surface area contributed by atoms with Gasteiger partial charge in [0, 0.05) is 10.9 Å². The Morgan fingerprint density at radius 2 is 1.63 bits per heavy atom. The Morgan fingerprint density at radius 3 is 2.27 bits per heavy atom. The van der Waals surface area contributed by atoms with E-state index in [1.54, 1.807) is 53.1 Å². The van der Waals surface area contributed by atoms with E-state index in [1.807, 2.05) is 19.9 Å². The highest BCUT2D eigenvalue weighted by Gasteiger charge is 2.23. The molecular formula is C24H21ClN2O3. The third-order valence-electron chi connectivity index (χ3n) is 5.07. The number of hydrogen-bond acceptors (Lipinski definition) is 4. The number of aromatic hydroxyl groups is 1. The van der Waals surface area contributed by atoms with Crippen molar-refractivity contribution < 1.29 is 10.2 Å². The number of hydrogen-bond donors (Lipinski definition) is 2. The van der Waals surface area contributed by atoms with Gasteiger partial charge in [0.25, 0.3) is 5.56 Å². The Kier molecular flexibility index (Phi) is 5.33. The minimum atomic E-state index is -1.12. The van der Waals surface area contributed by atoms with Crippen LogP contribution in [-0.4, -0.2) is 19.8 Å². The maximum atomic E-state index is 13.5. The van der Waals surface area contributed by atoms with Crippen LogP contribution in [0.25, 0.3) is 16.6 Å². The lowest BCUT2D eigenvalue weighted by atomic mass is 9.97. The third-order valence-corrected chi connectivity index (χ3v) is 5.32. The SMILES string of the molecule is CC(C)c1nc2c(C(O)c3ccccc3)c(O)ccc2c(=O)n1-c1ccc(Cl)cc1. The predicted octanol–water partition coefficient (Wildman–Crippen LogP) is 4.95. The molecule has 152 valence electrons. The summed E-state index contributed by atoms with van der Waals surface area (Å²) in [4.78, 5) is 18.2. The summed E-state index contributed by atoms with van der Waals surface area (Å²) < 4.78 is 1.55. The molecule has 3 aromatic carbocycles. The standard InChI is InChI=1S/C24H21ClN2O3/c1-14(2)23-26-21-18(24(30)27(23)17-10-8-16(25)9-11-17)12-13-19(28)20(21)22(29)15-6-4-3-5-7-15/h3-14,22,28-29H,1-2H3. The monoisotopic (exact) mass is 420 g/mol. The van der Waals surface area contributed by atoms with Crippen molar-refractivity contribution in [3.8, 4) is 11.4 Å². The van der Waals surface area contributed by atoms with Crippen LogP contribution in [0.1, 0.15) is 42.8 Å². The van der Waals surface area contributed by atoms with Crippen LogP contribution < -0.4 is 5.56 Å². The second-order valence-electron chi connectivity index (χ2n) is 7.45. The number of halogens is 1. The molecule has 0 saturated heterocycles. The fourth-order valence-corrected chi connectivity index (χ4v) is 3.70. The number of aliphatic hydroxyl groups is 1. The zero-order valence-corrected chi connectivity index (χ0v) is 17.3. The van der Waals surface area contributed by atoms with Gasteiger partial charge in [0.05, 0.1) is 22.2 Å². The third kappa shape index (κ3) is 3.47. The summed E-state index contributed by atoms with van der Waals surface area (Å²) in [5, 5.41) is 22.4. The van der Waals surface area contributed by atoms with Crippen molar-refractivity contribution in [1.82, 2.24) is 9.55 Å². The summed E-state index contributed by atoms with van der Waals surface area (Å²) in [6.45, 7) is 3.88. The molecule has 0 aliphatic carbocycles. The average molecular weight is 421 g/mol. The summed E-state index contributed by atoms with van der Waals surface area (Å²) in [7, 11) is 0. The van der Waals surface area contributed by atoms with Crippen molar-refractivity contribution in [3.63, 3.8) is 0 Å². The van der Waals surface area contributed by atoms with Crippen molar-refractivity contribution in [3.05, 3.63) is 99.1 Å². The van der Waals surface area contributed by atoms with Gasteiger partial charge in [-0.1, -0.05) is 55.8 Å². The van der Waals surface area contributed by atoms with Gasteiger partial charge in [-0.2, -0.15) is 0 Å². The predicted molar refractivity (Wildman–Crippen MR) is 119 cm³/mol. The number of phenolic OH excluding ortho intramolecular Hbond substituents is 1. The molecule has 1 aromatic heterocycles. The Morgan fingerprint density at radius 1 is 0.967 bits per heavy atom. The van der Waals surface area contributed by atoms with Crippen LogP contribution in [0.5, 0.6) is 5.75 Å². The summed E-state index contributed by atoms with van der Waals surface area (Å²) in [6.07, 6.45) is -1.12. The molecule has 0 saturated carbocycles. The number of phenols is 1. The fourth-order valence-electron chi connectivity index (χ4n) is 3.58.